The Balaban J connectivity index is 2.34. The Bertz CT molecular complexity index is 961. The van der Waals surface area contributed by atoms with E-state index in [0.29, 0.717) is 22.7 Å². The van der Waals surface area contributed by atoms with E-state index in [2.05, 4.69) is 5.32 Å². The Morgan fingerprint density at radius 3 is 2.34 bits per heavy atom. The number of rotatable bonds is 8. The molecule has 0 aliphatic carbocycles. The van der Waals surface area contributed by atoms with Crippen LogP contribution in [0.3, 0.4) is 0 Å². The van der Waals surface area contributed by atoms with Gasteiger partial charge in [-0.2, -0.15) is 0 Å². The van der Waals surface area contributed by atoms with Crippen molar-refractivity contribution in [2.45, 2.75) is 39.3 Å². The summed E-state index contributed by atoms with van der Waals surface area (Å²) >= 11 is 6.10. The van der Waals surface area contributed by atoms with Crippen LogP contribution >= 0.6 is 11.6 Å². The number of sulfonamides is 1. The number of aryl methyl sites for hydroxylation is 1. The number of hydrogen-bond acceptors (Lipinski definition) is 4. The second-order valence-electron chi connectivity index (χ2n) is 6.92. The lowest BCUT2D eigenvalue weighted by Crippen LogP contribution is -2.50. The molecule has 0 saturated heterocycles. The molecule has 2 atom stereocenters. The standard InChI is InChI=1S/C21H27ClN2O4S/c1-6-19(21(25)23-15(3)16-8-11-18(28-4)12-9-16)24(29(5,26)27)20-13-17(22)10-7-14(20)2/h7-13,15,19H,6H2,1-5H3,(H,23,25)/t15-,19-/m0/s1. The number of carbonyl (C=O) groups excluding carboxylic acids is 1. The minimum absolute atomic E-state index is 0.302. The number of halogens is 1. The van der Waals surface area contributed by atoms with Crippen molar-refractivity contribution in [1.82, 2.24) is 5.32 Å². The Morgan fingerprint density at radius 2 is 1.83 bits per heavy atom. The van der Waals surface area contributed by atoms with Crippen molar-refractivity contribution in [1.29, 1.82) is 0 Å². The van der Waals surface area contributed by atoms with E-state index in [1.54, 1.807) is 39.2 Å². The first-order valence-electron chi connectivity index (χ1n) is 9.28. The molecule has 0 bridgehead atoms. The average molecular weight is 439 g/mol. The van der Waals surface area contributed by atoms with Crippen molar-refractivity contribution in [3.63, 3.8) is 0 Å². The van der Waals surface area contributed by atoms with E-state index in [-0.39, 0.29) is 11.9 Å². The molecule has 0 unspecified atom stereocenters. The Morgan fingerprint density at radius 1 is 1.21 bits per heavy atom. The van der Waals surface area contributed by atoms with Gasteiger partial charge in [0.2, 0.25) is 15.9 Å². The molecular weight excluding hydrogens is 412 g/mol. The summed E-state index contributed by atoms with van der Waals surface area (Å²) in [6.45, 7) is 5.41. The first-order valence-corrected chi connectivity index (χ1v) is 11.5. The molecule has 1 N–H and O–H groups in total. The van der Waals surface area contributed by atoms with E-state index < -0.39 is 16.1 Å². The largest absolute Gasteiger partial charge is 0.497 e. The van der Waals surface area contributed by atoms with Gasteiger partial charge >= 0.3 is 0 Å². The van der Waals surface area contributed by atoms with Crippen LogP contribution in [0.2, 0.25) is 5.02 Å². The summed E-state index contributed by atoms with van der Waals surface area (Å²) in [6, 6.07) is 11.1. The van der Waals surface area contributed by atoms with E-state index in [1.807, 2.05) is 31.2 Å². The van der Waals surface area contributed by atoms with Gasteiger partial charge in [-0.25, -0.2) is 8.42 Å². The van der Waals surface area contributed by atoms with Crippen LogP contribution in [-0.4, -0.2) is 33.7 Å². The fraction of sp³-hybridized carbons (Fsp3) is 0.381. The van der Waals surface area contributed by atoms with E-state index in [9.17, 15) is 13.2 Å². The molecular formula is C21H27ClN2O4S. The number of nitrogens with zero attached hydrogens (tertiary/aromatic N) is 1. The summed E-state index contributed by atoms with van der Waals surface area (Å²) in [5.41, 5.74) is 2.01. The van der Waals surface area contributed by atoms with Gasteiger partial charge in [0, 0.05) is 5.02 Å². The highest BCUT2D eigenvalue weighted by Crippen LogP contribution is 2.29. The molecule has 29 heavy (non-hydrogen) atoms. The van der Waals surface area contributed by atoms with Crippen LogP contribution in [0.5, 0.6) is 5.75 Å². The van der Waals surface area contributed by atoms with Crippen LogP contribution in [-0.2, 0) is 14.8 Å². The molecule has 0 saturated carbocycles. The van der Waals surface area contributed by atoms with Crippen LogP contribution in [0.25, 0.3) is 0 Å². The molecule has 0 spiro atoms. The van der Waals surface area contributed by atoms with Gasteiger partial charge in [-0.15, -0.1) is 0 Å². The van der Waals surface area contributed by atoms with Crippen LogP contribution in [0, 0.1) is 6.92 Å². The molecule has 0 aliphatic heterocycles. The Hall–Kier alpha value is -2.25. The number of carbonyl (C=O) groups is 1. The maximum Gasteiger partial charge on any atom is 0.244 e. The number of amides is 1. The summed E-state index contributed by atoms with van der Waals surface area (Å²) in [5, 5.41) is 3.33. The highest BCUT2D eigenvalue weighted by atomic mass is 35.5. The second-order valence-corrected chi connectivity index (χ2v) is 9.21. The molecule has 0 aromatic heterocycles. The first kappa shape index (κ1) is 23.0. The zero-order valence-electron chi connectivity index (χ0n) is 17.3. The fourth-order valence-electron chi connectivity index (χ4n) is 3.14. The number of hydrogen-bond donors (Lipinski definition) is 1. The molecule has 0 heterocycles. The number of anilines is 1. The van der Waals surface area contributed by atoms with Gasteiger partial charge in [0.15, 0.2) is 0 Å². The SMILES string of the molecule is CC[C@@H](C(=O)N[C@@H](C)c1ccc(OC)cc1)N(c1cc(Cl)ccc1C)S(C)(=O)=O. The molecule has 0 radical (unpaired) electrons. The molecule has 6 nitrogen and oxygen atoms in total. The number of methoxy groups -OCH3 is 1. The molecule has 8 heteroatoms. The quantitative estimate of drug-likeness (QED) is 0.673. The summed E-state index contributed by atoms with van der Waals surface area (Å²) in [4.78, 5) is 13.1. The van der Waals surface area contributed by atoms with E-state index in [4.69, 9.17) is 16.3 Å². The smallest absolute Gasteiger partial charge is 0.244 e. The van der Waals surface area contributed by atoms with Gasteiger partial charge in [-0.05, 0) is 55.7 Å². The highest BCUT2D eigenvalue weighted by Gasteiger charge is 2.33. The number of benzene rings is 2. The Labute approximate surface area is 177 Å². The summed E-state index contributed by atoms with van der Waals surface area (Å²) in [7, 11) is -2.14. The van der Waals surface area contributed by atoms with E-state index in [1.165, 1.54) is 0 Å². The first-order chi connectivity index (χ1) is 13.6. The van der Waals surface area contributed by atoms with Crippen LogP contribution in [0.1, 0.15) is 37.4 Å². The van der Waals surface area contributed by atoms with Crippen molar-refractivity contribution < 1.29 is 17.9 Å². The summed E-state index contributed by atoms with van der Waals surface area (Å²) < 4.78 is 31.5. The van der Waals surface area contributed by atoms with Gasteiger partial charge < -0.3 is 10.1 Å². The van der Waals surface area contributed by atoms with Gasteiger partial charge in [0.05, 0.1) is 25.1 Å². The lowest BCUT2D eigenvalue weighted by atomic mass is 10.1. The topological polar surface area (TPSA) is 75.7 Å². The monoisotopic (exact) mass is 438 g/mol. The minimum atomic E-state index is -3.73. The molecule has 2 rings (SSSR count). The summed E-state index contributed by atoms with van der Waals surface area (Å²) in [5.74, 6) is 0.346. The van der Waals surface area contributed by atoms with Crippen molar-refractivity contribution in [3.05, 3.63) is 58.6 Å². The Kier molecular flexibility index (Phi) is 7.54. The van der Waals surface area contributed by atoms with E-state index >= 15 is 0 Å². The molecule has 0 fully saturated rings. The third-order valence-corrected chi connectivity index (χ3v) is 6.11. The maximum absolute atomic E-state index is 13.1. The highest BCUT2D eigenvalue weighted by molar-refractivity contribution is 7.92. The van der Waals surface area contributed by atoms with Crippen LogP contribution < -0.4 is 14.4 Å². The lowest BCUT2D eigenvalue weighted by Gasteiger charge is -2.32. The molecule has 2 aromatic carbocycles. The van der Waals surface area contributed by atoms with Gasteiger partial charge in [-0.3, -0.25) is 9.10 Å². The van der Waals surface area contributed by atoms with Crippen LogP contribution in [0.15, 0.2) is 42.5 Å². The number of ether oxygens (including phenoxy) is 1. The summed E-state index contributed by atoms with van der Waals surface area (Å²) in [6.07, 6.45) is 1.40. The van der Waals surface area contributed by atoms with E-state index in [0.717, 1.165) is 21.9 Å². The normalized spacial score (nSPS) is 13.4. The molecule has 158 valence electrons. The zero-order valence-corrected chi connectivity index (χ0v) is 18.8. The predicted molar refractivity (Wildman–Crippen MR) is 117 cm³/mol. The van der Waals surface area contributed by atoms with Gasteiger partial charge in [0.1, 0.15) is 11.8 Å². The second kappa shape index (κ2) is 9.50. The van der Waals surface area contributed by atoms with Gasteiger partial charge in [-0.1, -0.05) is 36.7 Å². The third-order valence-electron chi connectivity index (χ3n) is 4.71. The maximum atomic E-state index is 13.1. The van der Waals surface area contributed by atoms with Gasteiger partial charge in [0.25, 0.3) is 0 Å². The average Bonchev–Trinajstić information content (AvgIpc) is 2.67. The predicted octanol–water partition coefficient (Wildman–Crippen LogP) is 4.08. The molecule has 2 aromatic rings. The number of nitrogens with one attached hydrogen (secondary N) is 1. The van der Waals surface area contributed by atoms with Crippen LogP contribution in [0.4, 0.5) is 5.69 Å². The fourth-order valence-corrected chi connectivity index (χ4v) is 4.57. The molecule has 1 amide bonds. The molecule has 0 aliphatic rings. The van der Waals surface area contributed by atoms with Crippen molar-refractivity contribution in [3.8, 4) is 5.75 Å². The lowest BCUT2D eigenvalue weighted by molar-refractivity contribution is -0.122. The van der Waals surface area contributed by atoms with Crippen molar-refractivity contribution in [2.75, 3.05) is 17.7 Å². The zero-order chi connectivity index (χ0) is 21.8. The van der Waals surface area contributed by atoms with Crippen molar-refractivity contribution in [2.24, 2.45) is 0 Å². The minimum Gasteiger partial charge on any atom is -0.497 e. The van der Waals surface area contributed by atoms with Crippen molar-refractivity contribution >= 4 is 33.2 Å². The third kappa shape index (κ3) is 5.64.